The lowest BCUT2D eigenvalue weighted by Gasteiger charge is -2.30. The minimum atomic E-state index is -0.401. The SMILES string of the molecule is CCC(C)(OC)c1nnc2n1CCNC2c1cnn(C)c1. The van der Waals surface area contributed by atoms with E-state index in [0.29, 0.717) is 0 Å². The van der Waals surface area contributed by atoms with Crippen molar-refractivity contribution in [3.63, 3.8) is 0 Å². The number of ether oxygens (including phenoxy) is 1. The topological polar surface area (TPSA) is 69.8 Å². The van der Waals surface area contributed by atoms with E-state index in [2.05, 4.69) is 39.0 Å². The first-order valence-electron chi connectivity index (χ1n) is 7.29. The van der Waals surface area contributed by atoms with Gasteiger partial charge in [0, 0.05) is 39.0 Å². The number of aryl methyl sites for hydroxylation is 1. The third-order valence-electron chi connectivity index (χ3n) is 4.38. The second-order valence-electron chi connectivity index (χ2n) is 5.66. The van der Waals surface area contributed by atoms with Gasteiger partial charge in [-0.25, -0.2) is 0 Å². The molecule has 7 heteroatoms. The molecule has 1 aliphatic heterocycles. The fourth-order valence-corrected chi connectivity index (χ4v) is 2.80. The van der Waals surface area contributed by atoms with E-state index in [1.54, 1.807) is 11.8 Å². The molecule has 0 aliphatic carbocycles. The molecule has 1 N–H and O–H groups in total. The summed E-state index contributed by atoms with van der Waals surface area (Å²) in [6.07, 6.45) is 4.74. The van der Waals surface area contributed by atoms with Crippen molar-refractivity contribution >= 4 is 0 Å². The molecule has 0 saturated carbocycles. The number of hydrogen-bond acceptors (Lipinski definition) is 5. The molecule has 2 atom stereocenters. The minimum absolute atomic E-state index is 0.0339. The highest BCUT2D eigenvalue weighted by Crippen LogP contribution is 2.31. The van der Waals surface area contributed by atoms with Crippen LogP contribution in [-0.4, -0.2) is 38.2 Å². The van der Waals surface area contributed by atoms with Gasteiger partial charge in [0.1, 0.15) is 5.60 Å². The minimum Gasteiger partial charge on any atom is -0.371 e. The zero-order valence-corrected chi connectivity index (χ0v) is 13.0. The molecule has 2 aromatic heterocycles. The summed E-state index contributed by atoms with van der Waals surface area (Å²) in [5.41, 5.74) is 0.704. The maximum Gasteiger partial charge on any atom is 0.165 e. The first-order valence-corrected chi connectivity index (χ1v) is 7.29. The van der Waals surface area contributed by atoms with Crippen LogP contribution in [0.1, 0.15) is 43.5 Å². The smallest absolute Gasteiger partial charge is 0.165 e. The Morgan fingerprint density at radius 1 is 1.48 bits per heavy atom. The second kappa shape index (κ2) is 5.23. The predicted molar refractivity (Wildman–Crippen MR) is 77.7 cm³/mol. The summed E-state index contributed by atoms with van der Waals surface area (Å²) in [4.78, 5) is 0. The maximum atomic E-state index is 5.68. The molecule has 0 saturated heterocycles. The Morgan fingerprint density at radius 3 is 2.90 bits per heavy atom. The second-order valence-corrected chi connectivity index (χ2v) is 5.66. The number of methoxy groups -OCH3 is 1. The van der Waals surface area contributed by atoms with Crippen molar-refractivity contribution in [2.75, 3.05) is 13.7 Å². The van der Waals surface area contributed by atoms with E-state index in [1.165, 1.54) is 0 Å². The van der Waals surface area contributed by atoms with E-state index in [4.69, 9.17) is 4.74 Å². The Kier molecular flexibility index (Phi) is 3.54. The van der Waals surface area contributed by atoms with Crippen LogP contribution in [0.5, 0.6) is 0 Å². The molecule has 1 aliphatic rings. The number of rotatable bonds is 4. The summed E-state index contributed by atoms with van der Waals surface area (Å²) in [5, 5.41) is 16.6. The van der Waals surface area contributed by atoms with Crippen molar-refractivity contribution in [1.82, 2.24) is 29.9 Å². The van der Waals surface area contributed by atoms with Crippen LogP contribution in [-0.2, 0) is 23.9 Å². The molecule has 3 rings (SSSR count). The van der Waals surface area contributed by atoms with Crippen LogP contribution in [0.15, 0.2) is 12.4 Å². The first kappa shape index (κ1) is 14.2. The van der Waals surface area contributed by atoms with Gasteiger partial charge in [-0.05, 0) is 13.3 Å². The standard InChI is InChI=1S/C14H22N6O/c1-5-14(2,21-4)13-18-17-12-11(15-6-7-20(12)13)10-8-16-19(3)9-10/h8-9,11,15H,5-7H2,1-4H3. The van der Waals surface area contributed by atoms with Gasteiger partial charge in [0.05, 0.1) is 12.2 Å². The molecule has 3 heterocycles. The lowest BCUT2D eigenvalue weighted by Crippen LogP contribution is -2.37. The van der Waals surface area contributed by atoms with Crippen LogP contribution in [0, 0.1) is 0 Å². The first-order chi connectivity index (χ1) is 10.1. The van der Waals surface area contributed by atoms with Crippen molar-refractivity contribution in [2.24, 2.45) is 7.05 Å². The van der Waals surface area contributed by atoms with Crippen LogP contribution in [0.4, 0.5) is 0 Å². The molecule has 114 valence electrons. The van der Waals surface area contributed by atoms with Crippen molar-refractivity contribution in [2.45, 2.75) is 38.5 Å². The summed E-state index contributed by atoms with van der Waals surface area (Å²) in [6.45, 7) is 5.89. The third-order valence-corrected chi connectivity index (χ3v) is 4.38. The third kappa shape index (κ3) is 2.26. The summed E-state index contributed by atoms with van der Waals surface area (Å²) < 4.78 is 9.67. The van der Waals surface area contributed by atoms with Gasteiger partial charge in [-0.2, -0.15) is 5.10 Å². The lowest BCUT2D eigenvalue weighted by atomic mass is 10.0. The number of aromatic nitrogens is 5. The molecule has 0 bridgehead atoms. The number of hydrogen-bond donors (Lipinski definition) is 1. The van der Waals surface area contributed by atoms with Gasteiger partial charge in [-0.3, -0.25) is 4.68 Å². The number of nitrogens with one attached hydrogen (secondary N) is 1. The van der Waals surface area contributed by atoms with Gasteiger partial charge in [0.15, 0.2) is 11.6 Å². The molecule has 0 radical (unpaired) electrons. The van der Waals surface area contributed by atoms with Crippen LogP contribution in [0.3, 0.4) is 0 Å². The van der Waals surface area contributed by atoms with Gasteiger partial charge >= 0.3 is 0 Å². The summed E-state index contributed by atoms with van der Waals surface area (Å²) in [5.74, 6) is 1.83. The predicted octanol–water partition coefficient (Wildman–Crippen LogP) is 0.976. The normalized spacial score (nSPS) is 21.0. The molecule has 21 heavy (non-hydrogen) atoms. The van der Waals surface area contributed by atoms with Crippen molar-refractivity contribution < 1.29 is 4.74 Å². The largest absolute Gasteiger partial charge is 0.371 e. The zero-order valence-electron chi connectivity index (χ0n) is 13.0. The van der Waals surface area contributed by atoms with E-state index >= 15 is 0 Å². The summed E-state index contributed by atoms with van der Waals surface area (Å²) in [7, 11) is 3.65. The fraction of sp³-hybridized carbons (Fsp3) is 0.643. The number of nitrogens with zero attached hydrogens (tertiary/aromatic N) is 5. The van der Waals surface area contributed by atoms with Crippen molar-refractivity contribution in [3.05, 3.63) is 29.6 Å². The van der Waals surface area contributed by atoms with Crippen molar-refractivity contribution in [3.8, 4) is 0 Å². The van der Waals surface area contributed by atoms with Crippen LogP contribution in [0.2, 0.25) is 0 Å². The van der Waals surface area contributed by atoms with Crippen LogP contribution < -0.4 is 5.32 Å². The van der Waals surface area contributed by atoms with Crippen LogP contribution in [0.25, 0.3) is 0 Å². The molecule has 2 unspecified atom stereocenters. The average molecular weight is 290 g/mol. The Balaban J connectivity index is 2.03. The highest BCUT2D eigenvalue weighted by Gasteiger charge is 2.35. The molecular weight excluding hydrogens is 268 g/mol. The van der Waals surface area contributed by atoms with Gasteiger partial charge in [-0.15, -0.1) is 10.2 Å². The summed E-state index contributed by atoms with van der Waals surface area (Å²) in [6, 6.07) is 0.0339. The number of fused-ring (bicyclic) bond motifs is 1. The van der Waals surface area contributed by atoms with E-state index < -0.39 is 5.60 Å². The molecular formula is C14H22N6O. The fourth-order valence-electron chi connectivity index (χ4n) is 2.80. The molecule has 0 fully saturated rings. The molecule has 7 nitrogen and oxygen atoms in total. The van der Waals surface area contributed by atoms with E-state index in [0.717, 1.165) is 36.7 Å². The summed E-state index contributed by atoms with van der Waals surface area (Å²) >= 11 is 0. The van der Waals surface area contributed by atoms with Crippen LogP contribution >= 0.6 is 0 Å². The molecule has 0 aromatic carbocycles. The van der Waals surface area contributed by atoms with E-state index in [-0.39, 0.29) is 6.04 Å². The quantitative estimate of drug-likeness (QED) is 0.909. The maximum absolute atomic E-state index is 5.68. The van der Waals surface area contributed by atoms with E-state index in [9.17, 15) is 0 Å². The monoisotopic (exact) mass is 290 g/mol. The Bertz CT molecular complexity index is 627. The van der Waals surface area contributed by atoms with Crippen molar-refractivity contribution in [1.29, 1.82) is 0 Å². The van der Waals surface area contributed by atoms with Gasteiger partial charge in [0.25, 0.3) is 0 Å². The van der Waals surface area contributed by atoms with Gasteiger partial charge in [-0.1, -0.05) is 6.92 Å². The lowest BCUT2D eigenvalue weighted by molar-refractivity contribution is -0.0125. The molecule has 0 amide bonds. The Morgan fingerprint density at radius 2 is 2.29 bits per heavy atom. The van der Waals surface area contributed by atoms with Gasteiger partial charge < -0.3 is 14.6 Å². The highest BCUT2D eigenvalue weighted by molar-refractivity contribution is 5.22. The molecule has 2 aromatic rings. The van der Waals surface area contributed by atoms with Gasteiger partial charge in [0.2, 0.25) is 0 Å². The average Bonchev–Trinajstić information content (AvgIpc) is 3.12. The molecule has 0 spiro atoms. The van der Waals surface area contributed by atoms with E-state index in [1.807, 2.05) is 19.4 Å². The Labute approximate surface area is 124 Å². The highest BCUT2D eigenvalue weighted by atomic mass is 16.5. The Hall–Kier alpha value is -1.73. The zero-order chi connectivity index (χ0) is 15.0.